The molecular formula is C21H19F2N5O3S. The molecule has 3 aromatic rings. The Balaban J connectivity index is 1.41. The van der Waals surface area contributed by atoms with Crippen molar-refractivity contribution in [2.45, 2.75) is 18.9 Å². The molecule has 1 aliphatic heterocycles. The fraction of sp³-hybridized carbons (Fsp3) is 0.238. The van der Waals surface area contributed by atoms with Gasteiger partial charge in [-0.15, -0.1) is 10.2 Å². The molecule has 8 nitrogen and oxygen atoms in total. The summed E-state index contributed by atoms with van der Waals surface area (Å²) in [6.45, 7) is 0.333. The smallest absolute Gasteiger partial charge is 0.322 e. The fourth-order valence-corrected chi connectivity index (χ4v) is 4.12. The van der Waals surface area contributed by atoms with Crippen molar-refractivity contribution in [3.8, 4) is 16.3 Å². The number of urea groups is 1. The molecule has 2 N–H and O–H groups in total. The lowest BCUT2D eigenvalue weighted by Gasteiger charge is -2.23. The molecule has 2 aromatic carbocycles. The molecule has 0 radical (unpaired) electrons. The van der Waals surface area contributed by atoms with Crippen LogP contribution in [0.2, 0.25) is 0 Å². The van der Waals surface area contributed by atoms with E-state index in [9.17, 15) is 18.4 Å². The Hall–Kier alpha value is -3.60. The van der Waals surface area contributed by atoms with Crippen LogP contribution in [0.1, 0.15) is 12.8 Å². The first-order valence-corrected chi connectivity index (χ1v) is 10.6. The molecule has 1 aliphatic rings. The van der Waals surface area contributed by atoms with Crippen molar-refractivity contribution < 1.29 is 23.1 Å². The van der Waals surface area contributed by atoms with E-state index in [1.165, 1.54) is 16.2 Å². The van der Waals surface area contributed by atoms with Gasteiger partial charge in [-0.3, -0.25) is 10.1 Å². The highest BCUT2D eigenvalue weighted by atomic mass is 32.1. The molecule has 1 atom stereocenters. The molecule has 2 heterocycles. The topological polar surface area (TPSA) is 96.5 Å². The third-order valence-electron chi connectivity index (χ3n) is 4.98. The molecule has 166 valence electrons. The van der Waals surface area contributed by atoms with Crippen molar-refractivity contribution >= 4 is 34.1 Å². The Morgan fingerprint density at radius 1 is 1.12 bits per heavy atom. The van der Waals surface area contributed by atoms with E-state index in [1.54, 1.807) is 19.2 Å². The van der Waals surface area contributed by atoms with Crippen LogP contribution in [-0.4, -0.2) is 46.7 Å². The first kappa shape index (κ1) is 21.6. The highest BCUT2D eigenvalue weighted by Gasteiger charge is 2.35. The number of likely N-dealkylation sites (tertiary alicyclic amines) is 1. The zero-order valence-electron chi connectivity index (χ0n) is 17.0. The number of hydrogen-bond donors (Lipinski definition) is 2. The summed E-state index contributed by atoms with van der Waals surface area (Å²) in [6, 6.07) is 8.75. The second kappa shape index (κ2) is 9.27. The number of amides is 3. The van der Waals surface area contributed by atoms with Gasteiger partial charge in [0, 0.05) is 18.2 Å². The number of hydrogen-bond acceptors (Lipinski definition) is 6. The molecule has 0 spiro atoms. The van der Waals surface area contributed by atoms with Crippen LogP contribution >= 0.6 is 11.3 Å². The molecule has 3 amide bonds. The van der Waals surface area contributed by atoms with Gasteiger partial charge in [0.2, 0.25) is 11.0 Å². The summed E-state index contributed by atoms with van der Waals surface area (Å²) in [5.41, 5.74) is 0.669. The summed E-state index contributed by atoms with van der Waals surface area (Å²) in [5, 5.41) is 14.1. The van der Waals surface area contributed by atoms with E-state index in [-0.39, 0.29) is 5.69 Å². The Morgan fingerprint density at radius 3 is 2.62 bits per heavy atom. The van der Waals surface area contributed by atoms with Gasteiger partial charge in [0.05, 0.1) is 12.8 Å². The lowest BCUT2D eigenvalue weighted by atomic mass is 10.2. The monoisotopic (exact) mass is 459 g/mol. The first-order chi connectivity index (χ1) is 15.4. The van der Waals surface area contributed by atoms with Gasteiger partial charge in [0.1, 0.15) is 28.4 Å². The van der Waals surface area contributed by atoms with E-state index in [2.05, 4.69) is 20.8 Å². The van der Waals surface area contributed by atoms with Crippen LogP contribution in [0.15, 0.2) is 42.5 Å². The normalized spacial score (nSPS) is 15.5. The van der Waals surface area contributed by atoms with Gasteiger partial charge >= 0.3 is 6.03 Å². The second-order valence-electron chi connectivity index (χ2n) is 7.04. The fourth-order valence-electron chi connectivity index (χ4n) is 3.37. The van der Waals surface area contributed by atoms with Gasteiger partial charge in [0.15, 0.2) is 0 Å². The molecule has 1 saturated heterocycles. The summed E-state index contributed by atoms with van der Waals surface area (Å²) in [6.07, 6.45) is 1.07. The molecule has 4 rings (SSSR count). The van der Waals surface area contributed by atoms with Gasteiger partial charge < -0.3 is 15.0 Å². The van der Waals surface area contributed by atoms with E-state index in [1.807, 2.05) is 12.1 Å². The number of carbonyl (C=O) groups is 2. The van der Waals surface area contributed by atoms with Crippen LogP contribution in [0.4, 0.5) is 24.4 Å². The van der Waals surface area contributed by atoms with Crippen molar-refractivity contribution in [2.75, 3.05) is 24.3 Å². The molecule has 11 heteroatoms. The summed E-state index contributed by atoms with van der Waals surface area (Å²) >= 11 is 1.20. The predicted molar refractivity (Wildman–Crippen MR) is 116 cm³/mol. The Kier molecular flexibility index (Phi) is 6.26. The number of nitrogens with zero attached hydrogens (tertiary/aromatic N) is 3. The molecule has 1 fully saturated rings. The molecule has 1 aromatic heterocycles. The first-order valence-electron chi connectivity index (χ1n) is 9.76. The van der Waals surface area contributed by atoms with Crippen LogP contribution in [0.25, 0.3) is 10.6 Å². The van der Waals surface area contributed by atoms with E-state index in [0.717, 1.165) is 17.7 Å². The maximum Gasteiger partial charge on any atom is 0.322 e. The molecule has 32 heavy (non-hydrogen) atoms. The number of rotatable bonds is 5. The van der Waals surface area contributed by atoms with E-state index in [4.69, 9.17) is 4.74 Å². The summed E-state index contributed by atoms with van der Waals surface area (Å²) < 4.78 is 32.1. The van der Waals surface area contributed by atoms with Crippen molar-refractivity contribution in [1.82, 2.24) is 15.1 Å². The average Bonchev–Trinajstić information content (AvgIpc) is 3.46. The van der Waals surface area contributed by atoms with Crippen molar-refractivity contribution in [3.05, 3.63) is 54.1 Å². The molecule has 0 saturated carbocycles. The Morgan fingerprint density at radius 2 is 1.91 bits per heavy atom. The highest BCUT2D eigenvalue weighted by Crippen LogP contribution is 2.29. The van der Waals surface area contributed by atoms with Gasteiger partial charge in [-0.25, -0.2) is 13.6 Å². The van der Waals surface area contributed by atoms with Gasteiger partial charge in [-0.1, -0.05) is 11.3 Å². The second-order valence-corrected chi connectivity index (χ2v) is 8.01. The Labute approximate surface area is 186 Å². The van der Waals surface area contributed by atoms with Crippen LogP contribution in [-0.2, 0) is 4.79 Å². The van der Waals surface area contributed by atoms with Crippen LogP contribution < -0.4 is 15.4 Å². The number of nitrogens with one attached hydrogen (secondary N) is 2. The van der Waals surface area contributed by atoms with E-state index in [0.29, 0.717) is 41.3 Å². The number of ether oxygens (including phenoxy) is 1. The molecular weight excluding hydrogens is 440 g/mol. The van der Waals surface area contributed by atoms with Gasteiger partial charge in [0.25, 0.3) is 0 Å². The number of halogens is 2. The highest BCUT2D eigenvalue weighted by molar-refractivity contribution is 7.18. The summed E-state index contributed by atoms with van der Waals surface area (Å²) in [4.78, 5) is 26.7. The predicted octanol–water partition coefficient (Wildman–Crippen LogP) is 4.13. The van der Waals surface area contributed by atoms with Gasteiger partial charge in [-0.05, 0) is 49.2 Å². The van der Waals surface area contributed by atoms with Crippen LogP contribution in [0.5, 0.6) is 5.75 Å². The third-order valence-corrected chi connectivity index (χ3v) is 5.87. The van der Waals surface area contributed by atoms with Gasteiger partial charge in [-0.2, -0.15) is 0 Å². The zero-order valence-corrected chi connectivity index (χ0v) is 17.8. The largest absolute Gasteiger partial charge is 0.497 e. The Bertz CT molecular complexity index is 1140. The minimum Gasteiger partial charge on any atom is -0.497 e. The maximum atomic E-state index is 13.9. The third kappa shape index (κ3) is 4.67. The lowest BCUT2D eigenvalue weighted by molar-refractivity contribution is -0.119. The number of anilines is 2. The number of benzene rings is 2. The van der Waals surface area contributed by atoms with Crippen LogP contribution in [0, 0.1) is 11.6 Å². The number of methoxy groups -OCH3 is 1. The molecule has 1 unspecified atom stereocenters. The summed E-state index contributed by atoms with van der Waals surface area (Å²) in [7, 11) is 1.58. The molecule has 0 aliphatic carbocycles. The summed E-state index contributed by atoms with van der Waals surface area (Å²) in [5.74, 6) is -1.33. The number of aromatic nitrogens is 2. The van der Waals surface area contributed by atoms with Crippen molar-refractivity contribution in [3.63, 3.8) is 0 Å². The zero-order chi connectivity index (χ0) is 22.7. The molecule has 0 bridgehead atoms. The minimum absolute atomic E-state index is 0.157. The van der Waals surface area contributed by atoms with Crippen molar-refractivity contribution in [2.24, 2.45) is 0 Å². The standard InChI is InChI=1S/C21H19F2N5O3S/c1-31-14-7-4-12(5-8-14)19-26-27-20(32-19)25-18(29)17-3-2-10-28(17)21(30)24-16-9-6-13(22)11-15(16)23/h4-9,11,17H,2-3,10H2,1H3,(H,24,30)(H,25,27,29). The minimum atomic E-state index is -0.890. The van der Waals surface area contributed by atoms with E-state index >= 15 is 0 Å². The SMILES string of the molecule is COc1ccc(-c2nnc(NC(=O)C3CCCN3C(=O)Nc3ccc(F)cc3F)s2)cc1. The van der Waals surface area contributed by atoms with Crippen molar-refractivity contribution in [1.29, 1.82) is 0 Å². The maximum absolute atomic E-state index is 13.9. The average molecular weight is 459 g/mol. The van der Waals surface area contributed by atoms with Crippen LogP contribution in [0.3, 0.4) is 0 Å². The quantitative estimate of drug-likeness (QED) is 0.598. The number of carbonyl (C=O) groups excluding carboxylic acids is 2. The lowest BCUT2D eigenvalue weighted by Crippen LogP contribution is -2.45. The van der Waals surface area contributed by atoms with E-state index < -0.39 is 29.6 Å².